The number of fused-ring (bicyclic) bond motifs is 4. The Labute approximate surface area is 383 Å². The fraction of sp³-hybridized carbons (Fsp3) is 0.200. The fourth-order valence-corrected chi connectivity index (χ4v) is 9.02. The molecule has 3 aromatic heterocycles. The van der Waals surface area contributed by atoms with Crippen LogP contribution in [0.25, 0.3) is 72.3 Å². The number of para-hydroxylation sites is 4. The van der Waals surface area contributed by atoms with Crippen LogP contribution in [-0.4, -0.2) is 14.1 Å². The van der Waals surface area contributed by atoms with E-state index in [9.17, 15) is 0 Å². The third-order valence-electron chi connectivity index (χ3n) is 12.7. The number of ether oxygens (including phenoxy) is 1. The molecule has 0 N–H and O–H groups in total. The molecule has 0 radical (unpaired) electrons. The lowest BCUT2D eigenvalue weighted by molar-refractivity contribution is -0.571. The SMILES string of the molecule is CC(C)(C)c1cc(-c2cccc(-c3ccccc3)c2-[n+]2[c-]n(-c3cccc(Oc4ccc5c6ccccc6n(-c6cc(C(C)(C)C)ccn6)c5c4)c3)c3ccccc32)cc(C(C)(C)C)c1. The van der Waals surface area contributed by atoms with Crippen LogP contribution < -0.4 is 9.30 Å². The Kier molecular flexibility index (Phi) is 10.1. The third kappa shape index (κ3) is 7.80. The van der Waals surface area contributed by atoms with Crippen molar-refractivity contribution in [2.45, 2.75) is 78.6 Å². The second kappa shape index (κ2) is 15.8. The van der Waals surface area contributed by atoms with Gasteiger partial charge in [0.15, 0.2) is 0 Å². The van der Waals surface area contributed by atoms with Crippen LogP contribution in [0, 0.1) is 6.33 Å². The minimum Gasteiger partial charge on any atom is -0.458 e. The van der Waals surface area contributed by atoms with Gasteiger partial charge in [0.05, 0.1) is 33.4 Å². The van der Waals surface area contributed by atoms with E-state index in [4.69, 9.17) is 9.72 Å². The molecule has 10 rings (SSSR count). The van der Waals surface area contributed by atoms with Crippen LogP contribution in [0.15, 0.2) is 176 Å². The van der Waals surface area contributed by atoms with E-state index in [0.717, 1.165) is 72.8 Å². The van der Waals surface area contributed by atoms with Gasteiger partial charge in [0.2, 0.25) is 0 Å². The van der Waals surface area contributed by atoms with Gasteiger partial charge in [-0.3, -0.25) is 13.7 Å². The molecule has 322 valence electrons. The Balaban J connectivity index is 1.11. The molecule has 0 aliphatic rings. The molecule has 3 heterocycles. The molecule has 0 spiro atoms. The highest BCUT2D eigenvalue weighted by atomic mass is 16.5. The van der Waals surface area contributed by atoms with Crippen molar-refractivity contribution in [2.24, 2.45) is 0 Å². The average Bonchev–Trinajstić information content (AvgIpc) is 3.84. The molecular weight excluding hydrogens is 793 g/mol. The van der Waals surface area contributed by atoms with E-state index in [1.165, 1.54) is 27.6 Å². The van der Waals surface area contributed by atoms with Crippen molar-refractivity contribution < 1.29 is 9.30 Å². The smallest absolute Gasteiger partial charge is 0.269 e. The Morgan fingerprint density at radius 1 is 0.477 bits per heavy atom. The zero-order valence-electron chi connectivity index (χ0n) is 38.9. The van der Waals surface area contributed by atoms with Crippen molar-refractivity contribution in [3.63, 3.8) is 0 Å². The number of rotatable bonds is 7. The van der Waals surface area contributed by atoms with Gasteiger partial charge in [0.1, 0.15) is 17.3 Å². The van der Waals surface area contributed by atoms with Crippen LogP contribution in [0.3, 0.4) is 0 Å². The molecule has 7 aromatic carbocycles. The standard InChI is InChI=1S/C60H56N4O/c1-58(2,3)42-31-32-61-56(36-42)64-52-26-14-13-23-50(52)51-30-29-47(38-55(51)64)65-46-22-17-21-45(37-46)62-39-63(54-28-16-15-27-53(54)62)57-48(40-19-11-10-12-20-40)24-18-25-49(57)41-33-43(59(4,5)6)35-44(34-41)60(7,8)9/h10-38H,1-9H3. The normalized spacial score (nSPS) is 12.4. The molecule has 65 heavy (non-hydrogen) atoms. The number of hydrogen-bond donors (Lipinski definition) is 0. The van der Waals surface area contributed by atoms with Crippen LogP contribution in [0.4, 0.5) is 0 Å². The lowest BCUT2D eigenvalue weighted by atomic mass is 9.78. The predicted octanol–water partition coefficient (Wildman–Crippen LogP) is 15.2. The first kappa shape index (κ1) is 41.8. The molecule has 0 fully saturated rings. The van der Waals surface area contributed by atoms with E-state index >= 15 is 0 Å². The van der Waals surface area contributed by atoms with Gasteiger partial charge < -0.3 is 4.74 Å². The van der Waals surface area contributed by atoms with Crippen molar-refractivity contribution >= 4 is 32.8 Å². The van der Waals surface area contributed by atoms with E-state index in [2.05, 4.69) is 246 Å². The van der Waals surface area contributed by atoms with Gasteiger partial charge in [-0.25, -0.2) is 4.98 Å². The highest BCUT2D eigenvalue weighted by Gasteiger charge is 2.25. The lowest BCUT2D eigenvalue weighted by Gasteiger charge is -2.27. The maximum atomic E-state index is 6.78. The molecule has 10 aromatic rings. The molecule has 5 heteroatoms. The van der Waals surface area contributed by atoms with Crippen LogP contribution in [0.1, 0.15) is 79.0 Å². The minimum absolute atomic E-state index is 0.0146. The Bertz CT molecular complexity index is 3370. The molecule has 0 bridgehead atoms. The molecule has 0 saturated carbocycles. The summed E-state index contributed by atoms with van der Waals surface area (Å²) in [5, 5.41) is 2.33. The van der Waals surface area contributed by atoms with E-state index in [1.807, 2.05) is 12.3 Å². The van der Waals surface area contributed by atoms with Gasteiger partial charge in [0, 0.05) is 23.0 Å². The lowest BCUT2D eigenvalue weighted by Crippen LogP contribution is -2.31. The first-order chi connectivity index (χ1) is 31.1. The van der Waals surface area contributed by atoms with Crippen LogP contribution in [0.5, 0.6) is 11.5 Å². The van der Waals surface area contributed by atoms with Crippen molar-refractivity contribution in [3.05, 3.63) is 199 Å². The van der Waals surface area contributed by atoms with Gasteiger partial charge in [0.25, 0.3) is 6.33 Å². The summed E-state index contributed by atoms with van der Waals surface area (Å²) >= 11 is 0. The largest absolute Gasteiger partial charge is 0.458 e. The van der Waals surface area contributed by atoms with Gasteiger partial charge in [-0.2, -0.15) is 0 Å². The van der Waals surface area contributed by atoms with E-state index in [0.29, 0.717) is 0 Å². The number of imidazole rings is 1. The number of aromatic nitrogens is 4. The molecule has 0 aliphatic heterocycles. The number of nitrogens with zero attached hydrogens (tertiary/aromatic N) is 4. The quantitative estimate of drug-likeness (QED) is 0.118. The topological polar surface area (TPSA) is 35.9 Å². The second-order valence-electron chi connectivity index (χ2n) is 20.4. The summed E-state index contributed by atoms with van der Waals surface area (Å²) in [4.78, 5) is 4.89. The zero-order valence-corrected chi connectivity index (χ0v) is 38.9. The highest BCUT2D eigenvalue weighted by molar-refractivity contribution is 6.09. The summed E-state index contributed by atoms with van der Waals surface area (Å²) < 4.78 is 13.5. The Hall–Kier alpha value is -7.24. The number of benzene rings is 7. The maximum Gasteiger partial charge on any atom is 0.269 e. The summed E-state index contributed by atoms with van der Waals surface area (Å²) in [6, 6.07) is 60.7. The third-order valence-corrected chi connectivity index (χ3v) is 12.7. The monoisotopic (exact) mass is 848 g/mol. The molecule has 0 unspecified atom stereocenters. The maximum absolute atomic E-state index is 6.78. The number of hydrogen-bond acceptors (Lipinski definition) is 2. The minimum atomic E-state index is -0.0327. The first-order valence-electron chi connectivity index (χ1n) is 22.7. The molecule has 0 amide bonds. The predicted molar refractivity (Wildman–Crippen MR) is 269 cm³/mol. The molecule has 0 aliphatic carbocycles. The summed E-state index contributed by atoms with van der Waals surface area (Å²) in [6.45, 7) is 20.5. The van der Waals surface area contributed by atoms with Gasteiger partial charge in [-0.05, 0) is 104 Å². The zero-order chi connectivity index (χ0) is 45.3. The summed E-state index contributed by atoms with van der Waals surface area (Å²) in [5.74, 6) is 2.37. The van der Waals surface area contributed by atoms with Crippen LogP contribution in [-0.2, 0) is 16.2 Å². The summed E-state index contributed by atoms with van der Waals surface area (Å²) in [5.41, 5.74) is 14.7. The molecule has 0 saturated heterocycles. The summed E-state index contributed by atoms with van der Waals surface area (Å²) in [6.07, 6.45) is 5.79. The molecule has 5 nitrogen and oxygen atoms in total. The van der Waals surface area contributed by atoms with Gasteiger partial charge in [-0.1, -0.05) is 178 Å². The van der Waals surface area contributed by atoms with Crippen LogP contribution >= 0.6 is 0 Å². The van der Waals surface area contributed by atoms with E-state index < -0.39 is 0 Å². The summed E-state index contributed by atoms with van der Waals surface area (Å²) in [7, 11) is 0. The average molecular weight is 849 g/mol. The highest BCUT2D eigenvalue weighted by Crippen LogP contribution is 2.40. The Morgan fingerprint density at radius 2 is 1.09 bits per heavy atom. The fourth-order valence-electron chi connectivity index (χ4n) is 9.02. The number of pyridine rings is 1. The van der Waals surface area contributed by atoms with Crippen molar-refractivity contribution in [2.75, 3.05) is 0 Å². The van der Waals surface area contributed by atoms with Crippen molar-refractivity contribution in [3.8, 4) is 50.9 Å². The van der Waals surface area contributed by atoms with Crippen molar-refractivity contribution in [1.82, 2.24) is 14.1 Å². The van der Waals surface area contributed by atoms with Crippen molar-refractivity contribution in [1.29, 1.82) is 0 Å². The molecular formula is C60H56N4O. The Morgan fingerprint density at radius 3 is 1.82 bits per heavy atom. The van der Waals surface area contributed by atoms with E-state index in [1.54, 1.807) is 0 Å². The van der Waals surface area contributed by atoms with Gasteiger partial charge in [-0.15, -0.1) is 0 Å². The molecule has 0 atom stereocenters. The second-order valence-corrected chi connectivity index (χ2v) is 20.4. The van der Waals surface area contributed by atoms with Gasteiger partial charge >= 0.3 is 0 Å². The first-order valence-corrected chi connectivity index (χ1v) is 22.7. The van der Waals surface area contributed by atoms with Crippen LogP contribution in [0.2, 0.25) is 0 Å². The van der Waals surface area contributed by atoms with E-state index in [-0.39, 0.29) is 16.2 Å².